The number of aromatic nitrogens is 2. The van der Waals surface area contributed by atoms with Gasteiger partial charge in [0.05, 0.1) is 19.8 Å². The lowest BCUT2D eigenvalue weighted by Gasteiger charge is -2.48. The van der Waals surface area contributed by atoms with Gasteiger partial charge in [0.1, 0.15) is 12.4 Å². The molecule has 0 saturated carbocycles. The molecule has 4 aliphatic heterocycles. The van der Waals surface area contributed by atoms with E-state index >= 15 is 0 Å². The molecule has 0 radical (unpaired) electrons. The molecular weight excluding hydrogens is 480 g/mol. The highest BCUT2D eigenvalue weighted by atomic mass is 16.6. The van der Waals surface area contributed by atoms with E-state index in [0.717, 1.165) is 67.8 Å². The van der Waals surface area contributed by atoms with Gasteiger partial charge in [-0.15, -0.1) is 0 Å². The van der Waals surface area contributed by atoms with E-state index in [4.69, 9.17) is 14.2 Å². The third-order valence-electron chi connectivity index (χ3n) is 8.36. The lowest BCUT2D eigenvalue weighted by Crippen LogP contribution is -2.51. The summed E-state index contributed by atoms with van der Waals surface area (Å²) in [5.41, 5.74) is 4.48. The van der Waals surface area contributed by atoms with Gasteiger partial charge in [0.25, 0.3) is 0 Å². The zero-order valence-corrected chi connectivity index (χ0v) is 21.8. The number of rotatable bonds is 7. The first-order chi connectivity index (χ1) is 18.6. The van der Waals surface area contributed by atoms with Gasteiger partial charge in [-0.25, -0.2) is 14.8 Å². The van der Waals surface area contributed by atoms with Gasteiger partial charge in [0.15, 0.2) is 0 Å². The Morgan fingerprint density at radius 2 is 1.68 bits per heavy atom. The van der Waals surface area contributed by atoms with Gasteiger partial charge in [0, 0.05) is 29.9 Å². The van der Waals surface area contributed by atoms with Crippen LogP contribution in [-0.4, -0.2) is 65.8 Å². The van der Waals surface area contributed by atoms with Crippen molar-refractivity contribution in [1.82, 2.24) is 19.8 Å². The van der Waals surface area contributed by atoms with Crippen LogP contribution in [0.4, 0.5) is 4.79 Å². The number of hydrogen-bond donors (Lipinski definition) is 0. The first kappa shape index (κ1) is 24.7. The fourth-order valence-corrected chi connectivity index (χ4v) is 5.97. The molecule has 0 N–H and O–H groups in total. The Morgan fingerprint density at radius 3 is 2.39 bits per heavy atom. The van der Waals surface area contributed by atoms with Gasteiger partial charge >= 0.3 is 12.1 Å². The highest BCUT2D eigenvalue weighted by Gasteiger charge is 2.41. The van der Waals surface area contributed by atoms with Crippen LogP contribution in [0, 0.1) is 5.41 Å². The maximum Gasteiger partial charge on any atom is 0.410 e. The summed E-state index contributed by atoms with van der Waals surface area (Å²) in [5, 5.41) is 0. The van der Waals surface area contributed by atoms with E-state index in [1.54, 1.807) is 12.4 Å². The number of carbonyl (C=O) groups excluding carboxylic acids is 1. The monoisotopic (exact) mass is 514 g/mol. The first-order valence-corrected chi connectivity index (χ1v) is 13.4. The molecule has 5 heterocycles. The van der Waals surface area contributed by atoms with Crippen molar-refractivity contribution in [3.05, 3.63) is 83.2 Å². The molecule has 2 bridgehead atoms. The zero-order chi connectivity index (χ0) is 26.0. The number of carbonyl (C=O) groups is 1. The quantitative estimate of drug-likeness (QED) is 0.455. The number of nitrogens with zero attached hydrogens (tertiary/aromatic N) is 4. The van der Waals surface area contributed by atoms with E-state index in [1.165, 1.54) is 12.7 Å². The first-order valence-electron chi connectivity index (χ1n) is 13.4. The molecule has 1 amide bonds. The number of benzene rings is 2. The van der Waals surface area contributed by atoms with Crippen LogP contribution in [0.5, 0.6) is 11.8 Å². The smallest absolute Gasteiger partial charge is 0.410 e. The summed E-state index contributed by atoms with van der Waals surface area (Å²) in [7, 11) is 1.54. The van der Waals surface area contributed by atoms with E-state index in [-0.39, 0.29) is 17.6 Å². The summed E-state index contributed by atoms with van der Waals surface area (Å²) < 4.78 is 17.0. The molecule has 7 rings (SSSR count). The second-order valence-corrected chi connectivity index (χ2v) is 10.6. The molecule has 1 atom stereocenters. The number of fused-ring (bicyclic) bond motifs is 4. The number of hydrogen-bond acceptors (Lipinski definition) is 7. The third-order valence-corrected chi connectivity index (χ3v) is 8.36. The van der Waals surface area contributed by atoms with Crippen molar-refractivity contribution < 1.29 is 19.0 Å². The lowest BCUT2D eigenvalue weighted by molar-refractivity contribution is -0.0300. The second-order valence-electron chi connectivity index (χ2n) is 10.6. The van der Waals surface area contributed by atoms with Crippen LogP contribution >= 0.6 is 0 Å². The van der Waals surface area contributed by atoms with Crippen molar-refractivity contribution in [2.75, 3.05) is 39.9 Å². The minimum absolute atomic E-state index is 0.154. The van der Waals surface area contributed by atoms with Gasteiger partial charge in [0.2, 0.25) is 0 Å². The Labute approximate surface area is 223 Å². The number of methoxy groups -OCH3 is 1. The van der Waals surface area contributed by atoms with Crippen molar-refractivity contribution in [2.24, 2.45) is 5.41 Å². The lowest BCUT2D eigenvalue weighted by atomic mass is 9.73. The molecule has 0 aliphatic carbocycles. The van der Waals surface area contributed by atoms with Crippen LogP contribution in [0.1, 0.15) is 47.6 Å². The standard InChI is InChI=1S/C30H34N4O4/c1-36-28-31-18-22(19-32-28)20-37-25-8-6-24(7-9-25)27-26-5-3-2-4-23(26)10-14-34(27)29(35)38-21-30-11-15-33(16-12-30)17-13-30/h2-9,18-19,27H,10-17,20-21H2,1H3/t27-/m0/s1. The molecule has 0 spiro atoms. The molecule has 8 heteroatoms. The molecule has 3 fully saturated rings. The van der Waals surface area contributed by atoms with E-state index in [0.29, 0.717) is 25.8 Å². The molecular formula is C30H34N4O4. The van der Waals surface area contributed by atoms with Crippen LogP contribution in [0.25, 0.3) is 0 Å². The van der Waals surface area contributed by atoms with Crippen LogP contribution < -0.4 is 9.47 Å². The zero-order valence-electron chi connectivity index (χ0n) is 21.8. The SMILES string of the molecule is COc1ncc(COc2ccc([C@H]3c4ccccc4CCN3C(=O)OCC34CCN(CC3)CC4)cc2)cn1. The van der Waals surface area contributed by atoms with Crippen molar-refractivity contribution in [3.63, 3.8) is 0 Å². The van der Waals surface area contributed by atoms with Crippen molar-refractivity contribution in [2.45, 2.75) is 38.3 Å². The molecule has 38 heavy (non-hydrogen) atoms. The summed E-state index contributed by atoms with van der Waals surface area (Å²) in [5.74, 6) is 0.741. The molecule has 1 aromatic heterocycles. The number of piperidine rings is 3. The van der Waals surface area contributed by atoms with Gasteiger partial charge < -0.3 is 19.1 Å². The predicted molar refractivity (Wildman–Crippen MR) is 142 cm³/mol. The van der Waals surface area contributed by atoms with Crippen molar-refractivity contribution in [1.29, 1.82) is 0 Å². The second kappa shape index (κ2) is 10.6. The molecule has 2 aromatic carbocycles. The van der Waals surface area contributed by atoms with Crippen LogP contribution in [0.3, 0.4) is 0 Å². The molecule has 4 aliphatic rings. The molecule has 3 aromatic rings. The summed E-state index contributed by atoms with van der Waals surface area (Å²) in [6.07, 6.45) is 7.36. The van der Waals surface area contributed by atoms with Gasteiger partial charge in [-0.2, -0.15) is 0 Å². The third kappa shape index (κ3) is 5.05. The van der Waals surface area contributed by atoms with Gasteiger partial charge in [-0.3, -0.25) is 4.90 Å². The van der Waals surface area contributed by atoms with E-state index in [9.17, 15) is 4.79 Å². The van der Waals surface area contributed by atoms with E-state index in [1.807, 2.05) is 35.2 Å². The maximum atomic E-state index is 13.5. The summed E-state index contributed by atoms with van der Waals surface area (Å²) in [6, 6.07) is 16.5. The highest BCUT2D eigenvalue weighted by molar-refractivity contribution is 5.70. The van der Waals surface area contributed by atoms with E-state index < -0.39 is 0 Å². The van der Waals surface area contributed by atoms with Crippen molar-refractivity contribution in [3.8, 4) is 11.8 Å². The Hall–Kier alpha value is -3.65. The van der Waals surface area contributed by atoms with Crippen LogP contribution in [0.2, 0.25) is 0 Å². The number of ether oxygens (including phenoxy) is 3. The Morgan fingerprint density at radius 1 is 0.974 bits per heavy atom. The summed E-state index contributed by atoms with van der Waals surface area (Å²) in [4.78, 5) is 26.2. The fraction of sp³-hybridized carbons (Fsp3) is 0.433. The normalized spacial score (nSPS) is 24.0. The average Bonchev–Trinajstić information content (AvgIpc) is 3.00. The maximum absolute atomic E-state index is 13.5. The average molecular weight is 515 g/mol. The predicted octanol–water partition coefficient (Wildman–Crippen LogP) is 4.63. The minimum Gasteiger partial charge on any atom is -0.489 e. The summed E-state index contributed by atoms with van der Waals surface area (Å²) >= 11 is 0. The Kier molecular flexibility index (Phi) is 6.89. The van der Waals surface area contributed by atoms with Crippen LogP contribution in [-0.2, 0) is 17.8 Å². The topological polar surface area (TPSA) is 77.0 Å². The van der Waals surface area contributed by atoms with Crippen LogP contribution in [0.15, 0.2) is 60.9 Å². The molecule has 3 saturated heterocycles. The Balaban J connectivity index is 1.17. The molecule has 0 unspecified atom stereocenters. The van der Waals surface area contributed by atoms with Gasteiger partial charge in [-0.05, 0) is 74.1 Å². The number of amides is 1. The Bertz CT molecular complexity index is 1240. The highest BCUT2D eigenvalue weighted by Crippen LogP contribution is 2.41. The molecule has 198 valence electrons. The summed E-state index contributed by atoms with van der Waals surface area (Å²) in [6.45, 7) is 4.88. The molecule has 8 nitrogen and oxygen atoms in total. The van der Waals surface area contributed by atoms with E-state index in [2.05, 4.69) is 33.1 Å². The van der Waals surface area contributed by atoms with Crippen molar-refractivity contribution >= 4 is 6.09 Å². The minimum atomic E-state index is -0.216. The van der Waals surface area contributed by atoms with Gasteiger partial charge in [-0.1, -0.05) is 36.4 Å². The fourth-order valence-electron chi connectivity index (χ4n) is 5.97. The largest absolute Gasteiger partial charge is 0.489 e.